The van der Waals surface area contributed by atoms with Gasteiger partial charge in [0.2, 0.25) is 0 Å². The van der Waals surface area contributed by atoms with Crippen LogP contribution in [-0.2, 0) is 5.33 Å². The van der Waals surface area contributed by atoms with Gasteiger partial charge >= 0.3 is 0 Å². The Balaban J connectivity index is 1.84. The lowest BCUT2D eigenvalue weighted by Crippen LogP contribution is -2.00. The molecular weight excluding hydrogens is 336 g/mol. The zero-order valence-corrected chi connectivity index (χ0v) is 13.6. The van der Waals surface area contributed by atoms with E-state index in [-0.39, 0.29) is 5.78 Å². The lowest BCUT2D eigenvalue weighted by Gasteiger charge is -2.05. The van der Waals surface area contributed by atoms with Crippen LogP contribution in [0.5, 0.6) is 0 Å². The number of halogens is 1. The molecule has 0 heterocycles. The fourth-order valence-corrected chi connectivity index (χ4v) is 2.73. The average Bonchev–Trinajstić information content (AvgIpc) is 2.62. The Bertz CT molecular complexity index is 759. The molecule has 0 fully saturated rings. The summed E-state index contributed by atoms with van der Waals surface area (Å²) in [4.78, 5) is 12.4. The predicted octanol–water partition coefficient (Wildman–Crippen LogP) is 5.48. The van der Waals surface area contributed by atoms with Crippen molar-refractivity contribution in [1.29, 1.82) is 0 Å². The van der Waals surface area contributed by atoms with Crippen molar-refractivity contribution in [2.45, 2.75) is 5.33 Å². The highest BCUT2D eigenvalue weighted by molar-refractivity contribution is 9.08. The summed E-state index contributed by atoms with van der Waals surface area (Å²) in [6.45, 7) is 0. The molecule has 0 aliphatic carbocycles. The van der Waals surface area contributed by atoms with E-state index in [2.05, 4.69) is 40.2 Å². The zero-order valence-electron chi connectivity index (χ0n) is 12.0. The number of ketones is 1. The highest BCUT2D eigenvalue weighted by atomic mass is 79.9. The maximum absolute atomic E-state index is 12.4. The summed E-state index contributed by atoms with van der Waals surface area (Å²) in [7, 11) is 0. The average molecular weight is 351 g/mol. The SMILES string of the molecule is O=C(c1ccccc1)c1ccc(-c2ccc(CBr)cc2)cc1. The number of benzene rings is 3. The molecule has 0 bridgehead atoms. The van der Waals surface area contributed by atoms with Crippen LogP contribution in [0.3, 0.4) is 0 Å². The summed E-state index contributed by atoms with van der Waals surface area (Å²) in [6, 6.07) is 25.6. The van der Waals surface area contributed by atoms with Gasteiger partial charge in [-0.05, 0) is 16.7 Å². The second-order valence-corrected chi connectivity index (χ2v) is 5.66. The Hall–Kier alpha value is -2.19. The first-order valence-corrected chi connectivity index (χ1v) is 8.25. The van der Waals surface area contributed by atoms with Gasteiger partial charge in [-0.2, -0.15) is 0 Å². The molecule has 0 amide bonds. The van der Waals surface area contributed by atoms with Crippen molar-refractivity contribution in [3.63, 3.8) is 0 Å². The van der Waals surface area contributed by atoms with Gasteiger partial charge in [0, 0.05) is 16.5 Å². The minimum Gasteiger partial charge on any atom is -0.289 e. The first kappa shape index (κ1) is 14.7. The van der Waals surface area contributed by atoms with E-state index in [4.69, 9.17) is 0 Å². The molecule has 3 rings (SSSR count). The van der Waals surface area contributed by atoms with Crippen LogP contribution in [0.2, 0.25) is 0 Å². The van der Waals surface area contributed by atoms with Gasteiger partial charge in [0.15, 0.2) is 5.78 Å². The number of hydrogen-bond donors (Lipinski definition) is 0. The van der Waals surface area contributed by atoms with Crippen molar-refractivity contribution in [3.8, 4) is 11.1 Å². The van der Waals surface area contributed by atoms with Gasteiger partial charge in [0.1, 0.15) is 0 Å². The van der Waals surface area contributed by atoms with Gasteiger partial charge in [-0.15, -0.1) is 0 Å². The molecule has 0 unspecified atom stereocenters. The molecule has 0 radical (unpaired) electrons. The third-order valence-electron chi connectivity index (χ3n) is 3.62. The normalized spacial score (nSPS) is 10.4. The van der Waals surface area contributed by atoms with Crippen molar-refractivity contribution >= 4 is 21.7 Å². The quantitative estimate of drug-likeness (QED) is 0.449. The van der Waals surface area contributed by atoms with E-state index in [1.807, 2.05) is 54.6 Å². The van der Waals surface area contributed by atoms with Gasteiger partial charge in [0.05, 0.1) is 0 Å². The Morgan fingerprint density at radius 3 is 1.73 bits per heavy atom. The van der Waals surface area contributed by atoms with Crippen LogP contribution < -0.4 is 0 Å². The molecule has 0 spiro atoms. The van der Waals surface area contributed by atoms with Crippen molar-refractivity contribution in [3.05, 3.63) is 95.6 Å². The summed E-state index contributed by atoms with van der Waals surface area (Å²) in [5.74, 6) is 0.0572. The fourth-order valence-electron chi connectivity index (χ4n) is 2.36. The Kier molecular flexibility index (Phi) is 4.50. The van der Waals surface area contributed by atoms with Gasteiger partial charge in [-0.25, -0.2) is 0 Å². The molecule has 0 aliphatic rings. The van der Waals surface area contributed by atoms with Gasteiger partial charge in [0.25, 0.3) is 0 Å². The van der Waals surface area contributed by atoms with E-state index in [9.17, 15) is 4.79 Å². The second kappa shape index (κ2) is 6.71. The maximum atomic E-state index is 12.4. The van der Waals surface area contributed by atoms with Crippen LogP contribution in [-0.4, -0.2) is 5.78 Å². The van der Waals surface area contributed by atoms with E-state index >= 15 is 0 Å². The highest BCUT2D eigenvalue weighted by Gasteiger charge is 2.08. The topological polar surface area (TPSA) is 17.1 Å². The standard InChI is InChI=1S/C20H15BrO/c21-14-15-6-8-16(9-7-15)17-10-12-19(13-11-17)20(22)18-4-2-1-3-5-18/h1-13H,14H2. The largest absolute Gasteiger partial charge is 0.289 e. The van der Waals surface area contributed by atoms with Crippen LogP contribution in [0.1, 0.15) is 21.5 Å². The zero-order chi connectivity index (χ0) is 15.4. The van der Waals surface area contributed by atoms with Crippen LogP contribution in [0.25, 0.3) is 11.1 Å². The van der Waals surface area contributed by atoms with Crippen LogP contribution >= 0.6 is 15.9 Å². The summed E-state index contributed by atoms with van der Waals surface area (Å²) in [6.07, 6.45) is 0. The lowest BCUT2D eigenvalue weighted by molar-refractivity contribution is 0.103. The minimum absolute atomic E-state index is 0.0572. The molecule has 3 aromatic rings. The number of carbonyl (C=O) groups excluding carboxylic acids is 1. The van der Waals surface area contributed by atoms with E-state index in [1.54, 1.807) is 0 Å². The first-order valence-electron chi connectivity index (χ1n) is 7.13. The van der Waals surface area contributed by atoms with E-state index in [1.165, 1.54) is 5.56 Å². The summed E-state index contributed by atoms with van der Waals surface area (Å²) in [5.41, 5.74) is 4.96. The molecule has 0 aliphatic heterocycles. The van der Waals surface area contributed by atoms with E-state index in [0.29, 0.717) is 5.56 Å². The number of carbonyl (C=O) groups is 1. The predicted molar refractivity (Wildman–Crippen MR) is 94.4 cm³/mol. The molecular formula is C20H15BrO. The molecule has 1 nitrogen and oxygen atoms in total. The molecule has 0 saturated heterocycles. The minimum atomic E-state index is 0.0572. The number of alkyl halides is 1. The third-order valence-corrected chi connectivity index (χ3v) is 4.27. The van der Waals surface area contributed by atoms with Crippen molar-refractivity contribution < 1.29 is 4.79 Å². The van der Waals surface area contributed by atoms with Crippen molar-refractivity contribution in [2.24, 2.45) is 0 Å². The monoisotopic (exact) mass is 350 g/mol. The molecule has 0 atom stereocenters. The van der Waals surface area contributed by atoms with Crippen LogP contribution in [0.4, 0.5) is 0 Å². The molecule has 22 heavy (non-hydrogen) atoms. The fraction of sp³-hybridized carbons (Fsp3) is 0.0500. The Labute approximate surface area is 138 Å². The van der Waals surface area contributed by atoms with Crippen LogP contribution in [0.15, 0.2) is 78.9 Å². The van der Waals surface area contributed by atoms with E-state index in [0.717, 1.165) is 22.0 Å². The molecule has 0 N–H and O–H groups in total. The van der Waals surface area contributed by atoms with Crippen LogP contribution in [0, 0.1) is 0 Å². The summed E-state index contributed by atoms with van der Waals surface area (Å²) in [5, 5.41) is 0.859. The molecule has 108 valence electrons. The third kappa shape index (κ3) is 3.18. The van der Waals surface area contributed by atoms with Crippen molar-refractivity contribution in [2.75, 3.05) is 0 Å². The lowest BCUT2D eigenvalue weighted by atomic mass is 9.99. The molecule has 0 aromatic heterocycles. The van der Waals surface area contributed by atoms with Crippen molar-refractivity contribution in [1.82, 2.24) is 0 Å². The molecule has 0 saturated carbocycles. The number of rotatable bonds is 4. The van der Waals surface area contributed by atoms with E-state index < -0.39 is 0 Å². The molecule has 2 heteroatoms. The first-order chi connectivity index (χ1) is 10.8. The Morgan fingerprint density at radius 2 is 1.18 bits per heavy atom. The molecule has 3 aromatic carbocycles. The number of hydrogen-bond acceptors (Lipinski definition) is 1. The van der Waals surface area contributed by atoms with Gasteiger partial charge < -0.3 is 0 Å². The Morgan fingerprint density at radius 1 is 0.682 bits per heavy atom. The summed E-state index contributed by atoms with van der Waals surface area (Å²) < 4.78 is 0. The summed E-state index contributed by atoms with van der Waals surface area (Å²) >= 11 is 3.45. The van der Waals surface area contributed by atoms with Gasteiger partial charge in [-0.3, -0.25) is 4.79 Å². The smallest absolute Gasteiger partial charge is 0.193 e. The second-order valence-electron chi connectivity index (χ2n) is 5.10. The van der Waals surface area contributed by atoms with Gasteiger partial charge in [-0.1, -0.05) is 94.8 Å². The highest BCUT2D eigenvalue weighted by Crippen LogP contribution is 2.22. The maximum Gasteiger partial charge on any atom is 0.193 e.